The van der Waals surface area contributed by atoms with Gasteiger partial charge >= 0.3 is 0 Å². The number of ether oxygens (including phenoxy) is 1. The van der Waals surface area contributed by atoms with Crippen molar-refractivity contribution in [3.63, 3.8) is 0 Å². The number of para-hydroxylation sites is 1. The molecular weight excluding hydrogens is 190 g/mol. The van der Waals surface area contributed by atoms with E-state index in [2.05, 4.69) is 16.0 Å². The molecule has 0 spiro atoms. The number of imidazole rings is 1. The van der Waals surface area contributed by atoms with E-state index in [1.54, 1.807) is 13.2 Å². The molecule has 1 heterocycles. The Kier molecular flexibility index (Phi) is 2.40. The van der Waals surface area contributed by atoms with Crippen LogP contribution in [-0.4, -0.2) is 17.1 Å². The third-order valence-electron chi connectivity index (χ3n) is 2.39. The van der Waals surface area contributed by atoms with Gasteiger partial charge in [0.25, 0.3) is 0 Å². The number of aromatic amines is 1. The van der Waals surface area contributed by atoms with Crippen molar-refractivity contribution in [2.45, 2.75) is 13.0 Å². The molecule has 0 amide bonds. The van der Waals surface area contributed by atoms with Crippen LogP contribution >= 0.6 is 0 Å². The minimum atomic E-state index is -0.0936. The lowest BCUT2D eigenvalue weighted by atomic mass is 10.2. The molecule has 0 aliphatic rings. The number of nitrogens with zero attached hydrogens (tertiary/aromatic N) is 2. The van der Waals surface area contributed by atoms with Crippen LogP contribution in [0.5, 0.6) is 0 Å². The first-order valence-corrected chi connectivity index (χ1v) is 4.67. The predicted octanol–water partition coefficient (Wildman–Crippen LogP) is 2.14. The molecule has 15 heavy (non-hydrogen) atoms. The van der Waals surface area contributed by atoms with Crippen LogP contribution in [0.25, 0.3) is 11.0 Å². The molecule has 1 N–H and O–H groups in total. The Bertz CT molecular complexity index is 524. The minimum Gasteiger partial charge on any atom is -0.374 e. The summed E-state index contributed by atoms with van der Waals surface area (Å²) in [4.78, 5) is 7.48. The number of nitrogens with one attached hydrogen (secondary N) is 1. The average Bonchev–Trinajstić information content (AvgIpc) is 2.71. The maximum atomic E-state index is 8.91. The number of rotatable bonds is 2. The van der Waals surface area contributed by atoms with Crippen molar-refractivity contribution in [2.24, 2.45) is 0 Å². The first-order chi connectivity index (χ1) is 7.26. The quantitative estimate of drug-likeness (QED) is 0.809. The maximum Gasteiger partial charge on any atom is 0.136 e. The van der Waals surface area contributed by atoms with Gasteiger partial charge in [0, 0.05) is 7.11 Å². The zero-order valence-corrected chi connectivity index (χ0v) is 8.61. The van der Waals surface area contributed by atoms with E-state index < -0.39 is 0 Å². The van der Waals surface area contributed by atoms with E-state index in [1.807, 2.05) is 19.1 Å². The van der Waals surface area contributed by atoms with Crippen LogP contribution in [0.15, 0.2) is 18.2 Å². The summed E-state index contributed by atoms with van der Waals surface area (Å²) in [5.74, 6) is 0.746. The molecule has 76 valence electrons. The average molecular weight is 201 g/mol. The Balaban J connectivity index is 2.61. The Morgan fingerprint density at radius 2 is 2.33 bits per heavy atom. The summed E-state index contributed by atoms with van der Waals surface area (Å²) in [6.07, 6.45) is -0.0936. The summed E-state index contributed by atoms with van der Waals surface area (Å²) >= 11 is 0. The summed E-state index contributed by atoms with van der Waals surface area (Å²) in [6.45, 7) is 1.91. The highest BCUT2D eigenvalue weighted by Crippen LogP contribution is 2.20. The Morgan fingerprint density at radius 3 is 3.00 bits per heavy atom. The zero-order chi connectivity index (χ0) is 10.8. The van der Waals surface area contributed by atoms with E-state index in [-0.39, 0.29) is 6.10 Å². The Morgan fingerprint density at radius 1 is 1.53 bits per heavy atom. The van der Waals surface area contributed by atoms with Crippen LogP contribution in [-0.2, 0) is 4.74 Å². The lowest BCUT2D eigenvalue weighted by Crippen LogP contribution is -1.97. The molecule has 2 rings (SSSR count). The topological polar surface area (TPSA) is 61.7 Å². The van der Waals surface area contributed by atoms with Gasteiger partial charge in [0.15, 0.2) is 0 Å². The van der Waals surface area contributed by atoms with Gasteiger partial charge in [0.2, 0.25) is 0 Å². The summed E-state index contributed by atoms with van der Waals surface area (Å²) < 4.78 is 5.16. The van der Waals surface area contributed by atoms with Crippen LogP contribution in [0.3, 0.4) is 0 Å². The summed E-state index contributed by atoms with van der Waals surface area (Å²) in [5, 5.41) is 8.91. The summed E-state index contributed by atoms with van der Waals surface area (Å²) in [7, 11) is 1.63. The van der Waals surface area contributed by atoms with Crippen molar-refractivity contribution < 1.29 is 4.74 Å². The molecule has 0 saturated heterocycles. The van der Waals surface area contributed by atoms with Crippen molar-refractivity contribution in [3.05, 3.63) is 29.6 Å². The molecule has 1 unspecified atom stereocenters. The van der Waals surface area contributed by atoms with E-state index in [9.17, 15) is 0 Å². The molecule has 1 aromatic carbocycles. The van der Waals surface area contributed by atoms with Gasteiger partial charge in [-0.05, 0) is 19.1 Å². The SMILES string of the molecule is COC(C)c1nc2c(C#N)cccc2[nH]1. The standard InChI is InChI=1S/C11H11N3O/c1-7(15-2)11-13-9-5-3-4-8(6-12)10(9)14-11/h3-5,7H,1-2H3,(H,13,14). The summed E-state index contributed by atoms with van der Waals surface area (Å²) in [5.41, 5.74) is 2.16. The van der Waals surface area contributed by atoms with E-state index in [0.717, 1.165) is 11.3 Å². The molecule has 1 atom stereocenters. The van der Waals surface area contributed by atoms with Crippen molar-refractivity contribution >= 4 is 11.0 Å². The van der Waals surface area contributed by atoms with E-state index >= 15 is 0 Å². The van der Waals surface area contributed by atoms with Crippen LogP contribution < -0.4 is 0 Å². The van der Waals surface area contributed by atoms with Gasteiger partial charge in [0.1, 0.15) is 23.5 Å². The van der Waals surface area contributed by atoms with Crippen LogP contribution in [0.4, 0.5) is 0 Å². The fourth-order valence-electron chi connectivity index (χ4n) is 1.45. The Labute approximate surface area is 87.5 Å². The van der Waals surface area contributed by atoms with Crippen LogP contribution in [0, 0.1) is 11.3 Å². The highest BCUT2D eigenvalue weighted by atomic mass is 16.5. The second-order valence-electron chi connectivity index (χ2n) is 3.31. The molecule has 0 bridgehead atoms. The number of nitriles is 1. The fraction of sp³-hybridized carbons (Fsp3) is 0.273. The van der Waals surface area contributed by atoms with Gasteiger partial charge in [-0.15, -0.1) is 0 Å². The Hall–Kier alpha value is -1.86. The third kappa shape index (κ3) is 1.58. The largest absolute Gasteiger partial charge is 0.374 e. The number of hydrogen-bond donors (Lipinski definition) is 1. The van der Waals surface area contributed by atoms with E-state index in [4.69, 9.17) is 10.00 Å². The maximum absolute atomic E-state index is 8.91. The lowest BCUT2D eigenvalue weighted by molar-refractivity contribution is 0.113. The van der Waals surface area contributed by atoms with Gasteiger partial charge in [-0.2, -0.15) is 5.26 Å². The van der Waals surface area contributed by atoms with Crippen LogP contribution in [0.1, 0.15) is 24.4 Å². The fourth-order valence-corrected chi connectivity index (χ4v) is 1.45. The number of aromatic nitrogens is 2. The molecular formula is C11H11N3O. The second kappa shape index (κ2) is 3.71. The molecule has 0 aliphatic heterocycles. The first kappa shape index (κ1) is 9.69. The molecule has 0 fully saturated rings. The molecule has 4 nitrogen and oxygen atoms in total. The van der Waals surface area contributed by atoms with Crippen molar-refractivity contribution in [1.29, 1.82) is 5.26 Å². The molecule has 1 aromatic heterocycles. The third-order valence-corrected chi connectivity index (χ3v) is 2.39. The number of benzene rings is 1. The molecule has 0 radical (unpaired) electrons. The minimum absolute atomic E-state index is 0.0936. The van der Waals surface area contributed by atoms with E-state index in [0.29, 0.717) is 11.1 Å². The number of hydrogen-bond acceptors (Lipinski definition) is 3. The number of fused-ring (bicyclic) bond motifs is 1. The second-order valence-corrected chi connectivity index (χ2v) is 3.31. The highest BCUT2D eigenvalue weighted by molar-refractivity contribution is 5.81. The summed E-state index contributed by atoms with van der Waals surface area (Å²) in [6, 6.07) is 7.60. The number of methoxy groups -OCH3 is 1. The number of H-pyrrole nitrogens is 1. The normalized spacial score (nSPS) is 12.6. The van der Waals surface area contributed by atoms with Crippen molar-refractivity contribution in [3.8, 4) is 6.07 Å². The van der Waals surface area contributed by atoms with Crippen molar-refractivity contribution in [1.82, 2.24) is 9.97 Å². The van der Waals surface area contributed by atoms with Crippen molar-refractivity contribution in [2.75, 3.05) is 7.11 Å². The highest BCUT2D eigenvalue weighted by Gasteiger charge is 2.11. The van der Waals surface area contributed by atoms with Gasteiger partial charge in [-0.3, -0.25) is 0 Å². The van der Waals surface area contributed by atoms with Gasteiger partial charge < -0.3 is 9.72 Å². The van der Waals surface area contributed by atoms with Gasteiger partial charge in [-0.1, -0.05) is 6.07 Å². The molecule has 2 aromatic rings. The zero-order valence-electron chi connectivity index (χ0n) is 8.61. The molecule has 0 aliphatic carbocycles. The predicted molar refractivity (Wildman–Crippen MR) is 56.2 cm³/mol. The lowest BCUT2D eigenvalue weighted by Gasteiger charge is -2.03. The molecule has 0 saturated carbocycles. The molecule has 4 heteroatoms. The first-order valence-electron chi connectivity index (χ1n) is 4.67. The smallest absolute Gasteiger partial charge is 0.136 e. The monoisotopic (exact) mass is 201 g/mol. The van der Waals surface area contributed by atoms with Gasteiger partial charge in [0.05, 0.1) is 11.1 Å². The van der Waals surface area contributed by atoms with Crippen LogP contribution in [0.2, 0.25) is 0 Å². The van der Waals surface area contributed by atoms with Gasteiger partial charge in [-0.25, -0.2) is 4.98 Å². The van der Waals surface area contributed by atoms with E-state index in [1.165, 1.54) is 0 Å².